The number of oxazole rings is 1. The zero-order valence-electron chi connectivity index (χ0n) is 13.5. The second kappa shape index (κ2) is 7.12. The molecule has 0 aliphatic carbocycles. The predicted octanol–water partition coefficient (Wildman–Crippen LogP) is 3.39. The van der Waals surface area contributed by atoms with Crippen LogP contribution in [0.2, 0.25) is 5.02 Å². The quantitative estimate of drug-likeness (QED) is 0.844. The van der Waals surface area contributed by atoms with E-state index in [2.05, 4.69) is 11.1 Å². The fourth-order valence-electron chi connectivity index (χ4n) is 2.72. The van der Waals surface area contributed by atoms with Crippen molar-refractivity contribution in [3.8, 4) is 11.8 Å². The lowest BCUT2D eigenvalue weighted by Gasteiger charge is -2.34. The summed E-state index contributed by atoms with van der Waals surface area (Å²) in [7, 11) is 0. The summed E-state index contributed by atoms with van der Waals surface area (Å²) < 4.78 is 17.1. The molecule has 0 bridgehead atoms. The lowest BCUT2D eigenvalue weighted by Crippen LogP contribution is -2.45. The van der Waals surface area contributed by atoms with Gasteiger partial charge in [-0.3, -0.25) is 0 Å². The minimum atomic E-state index is 0.0687. The lowest BCUT2D eigenvalue weighted by molar-refractivity contribution is -0.00651. The third-order valence-corrected chi connectivity index (χ3v) is 3.89. The Kier molecular flexibility index (Phi) is 4.93. The van der Waals surface area contributed by atoms with Crippen LogP contribution in [0.1, 0.15) is 25.4 Å². The average Bonchev–Trinajstić information content (AvgIpc) is 2.97. The van der Waals surface area contributed by atoms with Gasteiger partial charge in [-0.05, 0) is 38.1 Å². The average molecular weight is 348 g/mol. The van der Waals surface area contributed by atoms with Crippen molar-refractivity contribution >= 4 is 17.5 Å². The maximum Gasteiger partial charge on any atom is 0.236 e. The van der Waals surface area contributed by atoms with E-state index in [4.69, 9.17) is 25.5 Å². The van der Waals surface area contributed by atoms with Gasteiger partial charge in [0.25, 0.3) is 0 Å². The van der Waals surface area contributed by atoms with E-state index in [9.17, 15) is 5.26 Å². The van der Waals surface area contributed by atoms with Gasteiger partial charge in [-0.2, -0.15) is 10.2 Å². The Morgan fingerprint density at radius 1 is 1.29 bits per heavy atom. The largest absolute Gasteiger partial charge is 0.484 e. The molecule has 1 aromatic heterocycles. The van der Waals surface area contributed by atoms with Gasteiger partial charge in [-0.25, -0.2) is 0 Å². The summed E-state index contributed by atoms with van der Waals surface area (Å²) in [4.78, 5) is 6.22. The Hall–Kier alpha value is -2.23. The normalized spacial score (nSPS) is 20.7. The number of hydrogen-bond acceptors (Lipinski definition) is 6. The van der Waals surface area contributed by atoms with Gasteiger partial charge < -0.3 is 18.8 Å². The first kappa shape index (κ1) is 16.6. The zero-order valence-corrected chi connectivity index (χ0v) is 14.3. The van der Waals surface area contributed by atoms with E-state index in [1.54, 1.807) is 24.3 Å². The number of ether oxygens (including phenoxy) is 2. The number of rotatable bonds is 4. The monoisotopic (exact) mass is 347 g/mol. The molecule has 1 fully saturated rings. The molecule has 0 unspecified atom stereocenters. The highest BCUT2D eigenvalue weighted by molar-refractivity contribution is 6.30. The molecule has 1 aliphatic rings. The third kappa shape index (κ3) is 3.81. The predicted molar refractivity (Wildman–Crippen MR) is 89.2 cm³/mol. The highest BCUT2D eigenvalue weighted by Crippen LogP contribution is 2.26. The van der Waals surface area contributed by atoms with Gasteiger partial charge in [0.2, 0.25) is 17.5 Å². The molecule has 0 spiro atoms. The van der Waals surface area contributed by atoms with Crippen LogP contribution in [0.4, 0.5) is 5.88 Å². The van der Waals surface area contributed by atoms with Gasteiger partial charge in [0, 0.05) is 18.1 Å². The van der Waals surface area contributed by atoms with Gasteiger partial charge in [0.15, 0.2) is 6.61 Å². The van der Waals surface area contributed by atoms with E-state index < -0.39 is 0 Å². The molecule has 24 heavy (non-hydrogen) atoms. The van der Waals surface area contributed by atoms with Crippen molar-refractivity contribution in [3.05, 3.63) is 40.9 Å². The second-order valence-corrected chi connectivity index (χ2v) is 6.21. The number of benzene rings is 1. The van der Waals surface area contributed by atoms with Gasteiger partial charge in [-0.1, -0.05) is 11.6 Å². The fraction of sp³-hybridized carbons (Fsp3) is 0.412. The molecule has 2 heterocycles. The van der Waals surface area contributed by atoms with Gasteiger partial charge in [0.05, 0.1) is 12.2 Å². The highest BCUT2D eigenvalue weighted by atomic mass is 35.5. The summed E-state index contributed by atoms with van der Waals surface area (Å²) in [6, 6.07) is 9.11. The summed E-state index contributed by atoms with van der Waals surface area (Å²) in [5, 5.41) is 9.97. The van der Waals surface area contributed by atoms with Crippen molar-refractivity contribution in [2.24, 2.45) is 0 Å². The van der Waals surface area contributed by atoms with E-state index in [-0.39, 0.29) is 24.5 Å². The summed E-state index contributed by atoms with van der Waals surface area (Å²) in [6.07, 6.45) is 0.137. The Balaban J connectivity index is 1.73. The first-order valence-electron chi connectivity index (χ1n) is 7.73. The Bertz CT molecular complexity index is 729. The van der Waals surface area contributed by atoms with Crippen molar-refractivity contribution in [3.63, 3.8) is 0 Å². The van der Waals surface area contributed by atoms with E-state index in [1.807, 2.05) is 18.7 Å². The molecule has 0 saturated carbocycles. The number of morpholine rings is 1. The van der Waals surface area contributed by atoms with Gasteiger partial charge in [-0.15, -0.1) is 0 Å². The van der Waals surface area contributed by atoms with Crippen LogP contribution in [0.25, 0.3) is 0 Å². The molecule has 6 nitrogen and oxygen atoms in total. The fourth-order valence-corrected chi connectivity index (χ4v) is 2.85. The highest BCUT2D eigenvalue weighted by Gasteiger charge is 2.27. The van der Waals surface area contributed by atoms with Crippen LogP contribution in [-0.2, 0) is 11.3 Å². The van der Waals surface area contributed by atoms with Crippen LogP contribution in [0, 0.1) is 11.3 Å². The smallest absolute Gasteiger partial charge is 0.236 e. The molecule has 0 N–H and O–H groups in total. The number of nitriles is 1. The van der Waals surface area contributed by atoms with Crippen molar-refractivity contribution in [1.29, 1.82) is 5.26 Å². The van der Waals surface area contributed by atoms with E-state index >= 15 is 0 Å². The molecule has 0 amide bonds. The van der Waals surface area contributed by atoms with Gasteiger partial charge >= 0.3 is 0 Å². The SMILES string of the molecule is C[C@@H]1CN(c2oc(COc3ccc(Cl)cc3)nc2C#N)C[C@H](C)O1. The molecular formula is C17H18ClN3O3. The molecule has 0 radical (unpaired) electrons. The van der Waals surface area contributed by atoms with Crippen LogP contribution in [0.15, 0.2) is 28.7 Å². The van der Waals surface area contributed by atoms with Crippen molar-refractivity contribution < 1.29 is 13.9 Å². The molecule has 1 aliphatic heterocycles. The molecule has 2 aromatic rings. The number of aromatic nitrogens is 1. The van der Waals surface area contributed by atoms with E-state index in [0.717, 1.165) is 0 Å². The Morgan fingerprint density at radius 2 is 1.96 bits per heavy atom. The van der Waals surface area contributed by atoms with Crippen LogP contribution in [0.3, 0.4) is 0 Å². The summed E-state index contributed by atoms with van der Waals surface area (Å²) in [5.74, 6) is 1.50. The molecule has 1 aromatic carbocycles. The van der Waals surface area contributed by atoms with Crippen LogP contribution < -0.4 is 9.64 Å². The summed E-state index contributed by atoms with van der Waals surface area (Å²) in [5.41, 5.74) is 0.269. The number of hydrogen-bond donors (Lipinski definition) is 0. The first-order chi connectivity index (χ1) is 11.5. The number of anilines is 1. The minimum absolute atomic E-state index is 0.0687. The number of halogens is 1. The maximum atomic E-state index is 9.32. The van der Waals surface area contributed by atoms with E-state index in [0.29, 0.717) is 35.6 Å². The maximum absolute atomic E-state index is 9.32. The number of nitrogens with zero attached hydrogens (tertiary/aromatic N) is 3. The minimum Gasteiger partial charge on any atom is -0.484 e. The standard InChI is InChI=1S/C17H18ClN3O3/c1-11-8-21(9-12(2)23-11)17-15(7-19)20-16(24-17)10-22-14-5-3-13(18)4-6-14/h3-6,11-12H,8-10H2,1-2H3/t11-,12+. The summed E-state index contributed by atoms with van der Waals surface area (Å²) in [6.45, 7) is 5.45. The third-order valence-electron chi connectivity index (χ3n) is 3.64. The van der Waals surface area contributed by atoms with Crippen molar-refractivity contribution in [2.75, 3.05) is 18.0 Å². The zero-order chi connectivity index (χ0) is 17.1. The Labute approximate surface area is 145 Å². The molecule has 2 atom stereocenters. The molecule has 7 heteroatoms. The van der Waals surface area contributed by atoms with Crippen LogP contribution >= 0.6 is 11.6 Å². The topological polar surface area (TPSA) is 71.5 Å². The summed E-state index contributed by atoms with van der Waals surface area (Å²) >= 11 is 5.84. The Morgan fingerprint density at radius 3 is 2.58 bits per heavy atom. The lowest BCUT2D eigenvalue weighted by atomic mass is 10.2. The van der Waals surface area contributed by atoms with E-state index in [1.165, 1.54) is 0 Å². The molecular weight excluding hydrogens is 330 g/mol. The molecule has 3 rings (SSSR count). The van der Waals surface area contributed by atoms with Crippen LogP contribution in [-0.4, -0.2) is 30.3 Å². The second-order valence-electron chi connectivity index (χ2n) is 5.78. The van der Waals surface area contributed by atoms with Crippen LogP contribution in [0.5, 0.6) is 5.75 Å². The molecule has 126 valence electrons. The first-order valence-corrected chi connectivity index (χ1v) is 8.11. The molecule has 1 saturated heterocycles. The van der Waals surface area contributed by atoms with Crippen molar-refractivity contribution in [2.45, 2.75) is 32.7 Å². The van der Waals surface area contributed by atoms with Gasteiger partial charge in [0.1, 0.15) is 11.8 Å². The van der Waals surface area contributed by atoms with Crippen molar-refractivity contribution in [1.82, 2.24) is 4.98 Å².